The van der Waals surface area contributed by atoms with Gasteiger partial charge in [0.05, 0.1) is 6.54 Å². The van der Waals surface area contributed by atoms with E-state index in [1.165, 1.54) is 6.07 Å². The van der Waals surface area contributed by atoms with Gasteiger partial charge in [0, 0.05) is 13.5 Å². The predicted molar refractivity (Wildman–Crippen MR) is 55.9 cm³/mol. The molecule has 1 N–H and O–H groups in total. The van der Waals surface area contributed by atoms with Crippen molar-refractivity contribution < 1.29 is 13.3 Å². The third kappa shape index (κ3) is 3.07. The van der Waals surface area contributed by atoms with Gasteiger partial charge in [-0.2, -0.15) is 4.98 Å². The molecule has 1 aromatic carbocycles. The Hall–Kier alpha value is -1.82. The first-order valence-corrected chi connectivity index (χ1v) is 5.09. The van der Waals surface area contributed by atoms with Gasteiger partial charge in [0.2, 0.25) is 5.89 Å². The Morgan fingerprint density at radius 3 is 2.71 bits per heavy atom. The summed E-state index contributed by atoms with van der Waals surface area (Å²) in [7, 11) is 0. The highest BCUT2D eigenvalue weighted by Crippen LogP contribution is 2.08. The zero-order chi connectivity index (χ0) is 12.3. The van der Waals surface area contributed by atoms with E-state index in [1.807, 2.05) is 0 Å². The Morgan fingerprint density at radius 1 is 1.24 bits per heavy atom. The van der Waals surface area contributed by atoms with Crippen LogP contribution in [0.25, 0.3) is 0 Å². The lowest BCUT2D eigenvalue weighted by molar-refractivity contribution is 0.385. The second-order valence-electron chi connectivity index (χ2n) is 3.58. The van der Waals surface area contributed by atoms with Crippen molar-refractivity contribution in [3.63, 3.8) is 0 Å². The van der Waals surface area contributed by atoms with E-state index in [-0.39, 0.29) is 0 Å². The van der Waals surface area contributed by atoms with Gasteiger partial charge in [-0.15, -0.1) is 0 Å². The topological polar surface area (TPSA) is 51.0 Å². The highest BCUT2D eigenvalue weighted by Gasteiger charge is 2.04. The van der Waals surface area contributed by atoms with Gasteiger partial charge in [0.1, 0.15) is 0 Å². The summed E-state index contributed by atoms with van der Waals surface area (Å²) in [6.07, 6.45) is 0. The minimum absolute atomic E-state index is 0.408. The molecule has 2 rings (SSSR count). The second kappa shape index (κ2) is 5.01. The van der Waals surface area contributed by atoms with Gasteiger partial charge in [0.25, 0.3) is 0 Å². The van der Waals surface area contributed by atoms with Crippen molar-refractivity contribution in [1.29, 1.82) is 0 Å². The molecule has 1 aromatic heterocycles. The van der Waals surface area contributed by atoms with Crippen LogP contribution in [0.4, 0.5) is 8.78 Å². The standard InChI is InChI=1S/C11H11F2N3O/c1-7-15-11(16-17-7)6-14-5-8-2-3-9(12)10(13)4-8/h2-4,14H,5-6H2,1H3. The number of aryl methyl sites for hydroxylation is 1. The maximum Gasteiger partial charge on any atom is 0.223 e. The van der Waals surface area contributed by atoms with E-state index in [1.54, 1.807) is 6.92 Å². The Balaban J connectivity index is 1.87. The molecule has 0 saturated carbocycles. The maximum absolute atomic E-state index is 12.9. The van der Waals surface area contributed by atoms with Gasteiger partial charge in [-0.1, -0.05) is 11.2 Å². The van der Waals surface area contributed by atoms with E-state index in [0.717, 1.165) is 12.1 Å². The molecule has 17 heavy (non-hydrogen) atoms. The van der Waals surface area contributed by atoms with Crippen molar-refractivity contribution in [3.8, 4) is 0 Å². The Labute approximate surface area is 96.6 Å². The van der Waals surface area contributed by atoms with E-state index >= 15 is 0 Å². The third-order valence-electron chi connectivity index (χ3n) is 2.17. The zero-order valence-corrected chi connectivity index (χ0v) is 9.20. The summed E-state index contributed by atoms with van der Waals surface area (Å²) in [6.45, 7) is 2.52. The monoisotopic (exact) mass is 239 g/mol. The number of rotatable bonds is 4. The fourth-order valence-corrected chi connectivity index (χ4v) is 1.38. The number of halogens is 2. The molecule has 6 heteroatoms. The van der Waals surface area contributed by atoms with E-state index < -0.39 is 11.6 Å². The van der Waals surface area contributed by atoms with Crippen LogP contribution in [0.3, 0.4) is 0 Å². The molecule has 4 nitrogen and oxygen atoms in total. The van der Waals surface area contributed by atoms with Gasteiger partial charge >= 0.3 is 0 Å². The van der Waals surface area contributed by atoms with Gasteiger partial charge in [-0.3, -0.25) is 0 Å². The van der Waals surface area contributed by atoms with Gasteiger partial charge in [-0.25, -0.2) is 8.78 Å². The molecule has 1 heterocycles. The smallest absolute Gasteiger partial charge is 0.223 e. The molecule has 0 spiro atoms. The van der Waals surface area contributed by atoms with Crippen molar-refractivity contribution >= 4 is 0 Å². The van der Waals surface area contributed by atoms with Crippen LogP contribution in [0.2, 0.25) is 0 Å². The minimum Gasteiger partial charge on any atom is -0.340 e. The van der Waals surface area contributed by atoms with Crippen molar-refractivity contribution in [2.24, 2.45) is 0 Å². The van der Waals surface area contributed by atoms with E-state index in [9.17, 15) is 8.78 Å². The molecule has 0 saturated heterocycles. The number of hydrogen-bond acceptors (Lipinski definition) is 4. The molecule has 90 valence electrons. The van der Waals surface area contributed by atoms with Crippen LogP contribution in [0.15, 0.2) is 22.7 Å². The van der Waals surface area contributed by atoms with Crippen LogP contribution in [-0.4, -0.2) is 10.1 Å². The normalized spacial score (nSPS) is 10.8. The summed E-state index contributed by atoms with van der Waals surface area (Å²) >= 11 is 0. The van der Waals surface area contributed by atoms with Gasteiger partial charge in [0.15, 0.2) is 17.5 Å². The number of aromatic nitrogens is 2. The first-order valence-electron chi connectivity index (χ1n) is 5.09. The Morgan fingerprint density at radius 2 is 2.06 bits per heavy atom. The first-order chi connectivity index (χ1) is 8.15. The SMILES string of the molecule is Cc1nc(CNCc2ccc(F)c(F)c2)no1. The number of hydrogen-bond donors (Lipinski definition) is 1. The first kappa shape index (κ1) is 11.7. The highest BCUT2D eigenvalue weighted by atomic mass is 19.2. The second-order valence-corrected chi connectivity index (χ2v) is 3.58. The average molecular weight is 239 g/mol. The Kier molecular flexibility index (Phi) is 3.43. The number of nitrogens with one attached hydrogen (secondary N) is 1. The fourth-order valence-electron chi connectivity index (χ4n) is 1.38. The van der Waals surface area contributed by atoms with Crippen LogP contribution in [0.5, 0.6) is 0 Å². The predicted octanol–water partition coefficient (Wildman–Crippen LogP) is 1.95. The molecule has 0 unspecified atom stereocenters. The fraction of sp³-hybridized carbons (Fsp3) is 0.273. The highest BCUT2D eigenvalue weighted by molar-refractivity contribution is 5.17. The lowest BCUT2D eigenvalue weighted by Gasteiger charge is -2.02. The lowest BCUT2D eigenvalue weighted by Crippen LogP contribution is -2.14. The summed E-state index contributed by atoms with van der Waals surface area (Å²) in [5.41, 5.74) is 0.657. The lowest BCUT2D eigenvalue weighted by atomic mass is 10.2. The number of benzene rings is 1. The van der Waals surface area contributed by atoms with E-state index in [2.05, 4.69) is 15.5 Å². The van der Waals surface area contributed by atoms with Crippen molar-refractivity contribution in [2.45, 2.75) is 20.0 Å². The summed E-state index contributed by atoms with van der Waals surface area (Å²) in [6, 6.07) is 3.78. The van der Waals surface area contributed by atoms with Gasteiger partial charge in [-0.05, 0) is 17.7 Å². The molecule has 0 aliphatic carbocycles. The molecular weight excluding hydrogens is 228 g/mol. The van der Waals surface area contributed by atoms with Crippen LogP contribution in [0, 0.1) is 18.6 Å². The largest absolute Gasteiger partial charge is 0.340 e. The van der Waals surface area contributed by atoms with Crippen molar-refractivity contribution in [1.82, 2.24) is 15.5 Å². The molecule has 0 radical (unpaired) electrons. The molecule has 2 aromatic rings. The molecule has 0 aliphatic rings. The molecule has 0 fully saturated rings. The molecular formula is C11H11F2N3O. The van der Waals surface area contributed by atoms with Crippen LogP contribution in [-0.2, 0) is 13.1 Å². The molecule has 0 bridgehead atoms. The maximum atomic E-state index is 12.9. The molecule has 0 atom stereocenters. The molecule has 0 amide bonds. The van der Waals surface area contributed by atoms with Gasteiger partial charge < -0.3 is 9.84 Å². The summed E-state index contributed by atoms with van der Waals surface area (Å²) < 4.78 is 30.3. The van der Waals surface area contributed by atoms with E-state index in [0.29, 0.717) is 30.4 Å². The minimum atomic E-state index is -0.847. The van der Waals surface area contributed by atoms with Crippen molar-refractivity contribution in [2.75, 3.05) is 0 Å². The van der Waals surface area contributed by atoms with Crippen LogP contribution >= 0.6 is 0 Å². The number of nitrogens with zero attached hydrogens (tertiary/aromatic N) is 2. The molecule has 0 aliphatic heterocycles. The van der Waals surface area contributed by atoms with Crippen LogP contribution in [0.1, 0.15) is 17.3 Å². The van der Waals surface area contributed by atoms with E-state index in [4.69, 9.17) is 4.52 Å². The average Bonchev–Trinajstić information content (AvgIpc) is 2.70. The summed E-state index contributed by atoms with van der Waals surface area (Å²) in [4.78, 5) is 4.00. The Bertz CT molecular complexity index is 513. The van der Waals surface area contributed by atoms with Crippen LogP contribution < -0.4 is 5.32 Å². The quantitative estimate of drug-likeness (QED) is 0.885. The summed E-state index contributed by atoms with van der Waals surface area (Å²) in [5, 5.41) is 6.70. The zero-order valence-electron chi connectivity index (χ0n) is 9.20. The summed E-state index contributed by atoms with van der Waals surface area (Å²) in [5.74, 6) is -0.665. The third-order valence-corrected chi connectivity index (χ3v) is 2.17. The van der Waals surface area contributed by atoms with Crippen molar-refractivity contribution in [3.05, 3.63) is 47.1 Å².